The number of nitrogens with one attached hydrogen (secondary N) is 1. The number of carboxylic acid groups (broad SMARTS) is 1. The Kier molecular flexibility index (Phi) is 6.18. The summed E-state index contributed by atoms with van der Waals surface area (Å²) in [4.78, 5) is 22.8. The molecule has 8 nitrogen and oxygen atoms in total. The van der Waals surface area contributed by atoms with E-state index in [9.17, 15) is 13.8 Å². The van der Waals surface area contributed by atoms with Crippen molar-refractivity contribution in [3.63, 3.8) is 0 Å². The summed E-state index contributed by atoms with van der Waals surface area (Å²) in [6, 6.07) is 7.58. The monoisotopic (exact) mass is 367 g/mol. The van der Waals surface area contributed by atoms with Crippen molar-refractivity contribution in [3.05, 3.63) is 41.9 Å². The molecular formula is C16H17NO7S. The molecule has 9 heteroatoms. The second kappa shape index (κ2) is 8.34. The molecule has 2 aromatic rings. The lowest BCUT2D eigenvalue weighted by atomic mass is 10.2. The molecule has 1 amide bonds. The van der Waals surface area contributed by atoms with Crippen LogP contribution in [0.15, 0.2) is 34.7 Å². The highest BCUT2D eigenvalue weighted by Gasteiger charge is 2.15. The first-order valence-corrected chi connectivity index (χ1v) is 8.60. The first-order chi connectivity index (χ1) is 11.9. The summed E-state index contributed by atoms with van der Waals surface area (Å²) in [5, 5.41) is 11.4. The van der Waals surface area contributed by atoms with Gasteiger partial charge in [-0.3, -0.25) is 9.00 Å². The van der Waals surface area contributed by atoms with Gasteiger partial charge in [0.05, 0.1) is 25.7 Å². The molecule has 0 aliphatic rings. The minimum Gasteiger partial charge on any atom is -0.497 e. The second-order valence-corrected chi connectivity index (χ2v) is 6.37. The third kappa shape index (κ3) is 5.08. The van der Waals surface area contributed by atoms with Gasteiger partial charge in [0.1, 0.15) is 23.0 Å². The maximum absolute atomic E-state index is 12.0. The Bertz CT molecular complexity index is 800. The number of benzene rings is 1. The van der Waals surface area contributed by atoms with Gasteiger partial charge in [-0.1, -0.05) is 0 Å². The summed E-state index contributed by atoms with van der Waals surface area (Å²) in [7, 11) is 1.42. The highest BCUT2D eigenvalue weighted by atomic mass is 32.2. The minimum absolute atomic E-state index is 0.0551. The number of hydrogen-bond acceptors (Lipinski definition) is 6. The zero-order valence-electron chi connectivity index (χ0n) is 13.6. The molecule has 134 valence electrons. The summed E-state index contributed by atoms with van der Waals surface area (Å²) in [6.07, 6.45) is 0. The van der Waals surface area contributed by atoms with Crippen LogP contribution in [0.1, 0.15) is 16.3 Å². The number of amides is 1. The topological polar surface area (TPSA) is 115 Å². The van der Waals surface area contributed by atoms with Crippen LogP contribution in [0.5, 0.6) is 11.5 Å². The molecule has 2 rings (SSSR count). The Hall–Kier alpha value is -2.81. The third-order valence-corrected chi connectivity index (χ3v) is 4.34. The molecule has 1 atom stereocenters. The van der Waals surface area contributed by atoms with Crippen molar-refractivity contribution in [1.82, 2.24) is 0 Å². The van der Waals surface area contributed by atoms with Gasteiger partial charge < -0.3 is 24.3 Å². The number of rotatable bonds is 8. The van der Waals surface area contributed by atoms with Gasteiger partial charge in [0, 0.05) is 16.9 Å². The molecule has 25 heavy (non-hydrogen) atoms. The van der Waals surface area contributed by atoms with Crippen molar-refractivity contribution < 1.29 is 32.8 Å². The Morgan fingerprint density at radius 1 is 1.20 bits per heavy atom. The van der Waals surface area contributed by atoms with E-state index in [0.29, 0.717) is 17.2 Å². The van der Waals surface area contributed by atoms with Gasteiger partial charge in [-0.25, -0.2) is 4.79 Å². The molecule has 0 saturated heterocycles. The number of aromatic carboxylic acids is 1. The first kappa shape index (κ1) is 18.5. The van der Waals surface area contributed by atoms with Crippen molar-refractivity contribution in [2.24, 2.45) is 0 Å². The van der Waals surface area contributed by atoms with Gasteiger partial charge in [-0.2, -0.15) is 0 Å². The molecule has 1 aromatic carbocycles. The summed E-state index contributed by atoms with van der Waals surface area (Å²) in [5.74, 6) is -1.00. The van der Waals surface area contributed by atoms with E-state index in [1.54, 1.807) is 18.2 Å². The Morgan fingerprint density at radius 3 is 2.56 bits per heavy atom. The van der Waals surface area contributed by atoms with E-state index in [1.165, 1.54) is 26.4 Å². The minimum atomic E-state index is -1.55. The van der Waals surface area contributed by atoms with Crippen LogP contribution in [0.3, 0.4) is 0 Å². The molecule has 1 aromatic heterocycles. The first-order valence-electron chi connectivity index (χ1n) is 7.11. The summed E-state index contributed by atoms with van der Waals surface area (Å²) < 4.78 is 27.3. The fraction of sp³-hybridized carbons (Fsp3) is 0.250. The fourth-order valence-corrected chi connectivity index (χ4v) is 2.95. The van der Waals surface area contributed by atoms with Crippen molar-refractivity contribution >= 4 is 28.4 Å². The summed E-state index contributed by atoms with van der Waals surface area (Å²) in [5.41, 5.74) is 0.427. The number of anilines is 1. The van der Waals surface area contributed by atoms with Gasteiger partial charge in [-0.15, -0.1) is 0 Å². The molecule has 0 saturated carbocycles. The van der Waals surface area contributed by atoms with Crippen LogP contribution in [-0.4, -0.2) is 41.2 Å². The Balaban J connectivity index is 1.95. The summed E-state index contributed by atoms with van der Waals surface area (Å²) >= 11 is 0. The Labute approximate surface area is 146 Å². The standard InChI is InChI=1S/C16H17NO7S/c1-22-10-3-5-12(14(7-10)23-2)17-15(18)9-25(21)8-11-4-6-13(24-11)16(19)20/h3-7H,8-9H2,1-2H3,(H,17,18)(H,19,20). The molecular weight excluding hydrogens is 350 g/mol. The predicted molar refractivity (Wildman–Crippen MR) is 90.6 cm³/mol. The quantitative estimate of drug-likeness (QED) is 0.732. The van der Waals surface area contributed by atoms with Crippen molar-refractivity contribution in [2.45, 2.75) is 5.75 Å². The number of carbonyl (C=O) groups is 2. The predicted octanol–water partition coefficient (Wildman–Crippen LogP) is 1.88. The van der Waals surface area contributed by atoms with Gasteiger partial charge in [-0.05, 0) is 24.3 Å². The van der Waals surface area contributed by atoms with Crippen LogP contribution in [0.4, 0.5) is 5.69 Å². The lowest BCUT2D eigenvalue weighted by Gasteiger charge is -2.11. The van der Waals surface area contributed by atoms with E-state index in [1.807, 2.05) is 0 Å². The van der Waals surface area contributed by atoms with Gasteiger partial charge >= 0.3 is 5.97 Å². The lowest BCUT2D eigenvalue weighted by Crippen LogP contribution is -2.20. The van der Waals surface area contributed by atoms with E-state index in [4.69, 9.17) is 19.0 Å². The molecule has 0 bridgehead atoms. The zero-order valence-corrected chi connectivity index (χ0v) is 14.4. The molecule has 1 unspecified atom stereocenters. The third-order valence-electron chi connectivity index (χ3n) is 3.15. The van der Waals surface area contributed by atoms with E-state index in [-0.39, 0.29) is 23.0 Å². The Morgan fingerprint density at radius 2 is 1.96 bits per heavy atom. The molecule has 0 radical (unpaired) electrons. The van der Waals surface area contributed by atoms with Crippen LogP contribution in [0, 0.1) is 0 Å². The zero-order chi connectivity index (χ0) is 18.4. The average Bonchev–Trinajstić information content (AvgIpc) is 3.03. The maximum Gasteiger partial charge on any atom is 0.371 e. The molecule has 1 heterocycles. The largest absolute Gasteiger partial charge is 0.497 e. The lowest BCUT2D eigenvalue weighted by molar-refractivity contribution is -0.113. The van der Waals surface area contributed by atoms with Crippen molar-refractivity contribution in [1.29, 1.82) is 0 Å². The van der Waals surface area contributed by atoms with Crippen LogP contribution in [-0.2, 0) is 21.3 Å². The number of furan rings is 1. The normalized spacial score (nSPS) is 11.6. The number of carboxylic acids is 1. The molecule has 2 N–H and O–H groups in total. The van der Waals surface area contributed by atoms with Crippen LogP contribution in [0.2, 0.25) is 0 Å². The van der Waals surface area contributed by atoms with Crippen molar-refractivity contribution in [2.75, 3.05) is 25.3 Å². The summed E-state index contributed by atoms with van der Waals surface area (Å²) in [6.45, 7) is 0. The van der Waals surface area contributed by atoms with Crippen LogP contribution < -0.4 is 14.8 Å². The van der Waals surface area contributed by atoms with E-state index in [0.717, 1.165) is 0 Å². The molecule has 0 aliphatic carbocycles. The van der Waals surface area contributed by atoms with Crippen LogP contribution in [0.25, 0.3) is 0 Å². The maximum atomic E-state index is 12.0. The molecule has 0 spiro atoms. The number of methoxy groups -OCH3 is 2. The molecule has 0 fully saturated rings. The van der Waals surface area contributed by atoms with E-state index in [2.05, 4.69) is 5.32 Å². The van der Waals surface area contributed by atoms with E-state index >= 15 is 0 Å². The van der Waals surface area contributed by atoms with Crippen LogP contribution >= 0.6 is 0 Å². The SMILES string of the molecule is COc1ccc(NC(=O)CS(=O)Cc2ccc(C(=O)O)o2)c(OC)c1. The van der Waals surface area contributed by atoms with Gasteiger partial charge in [0.15, 0.2) is 0 Å². The highest BCUT2D eigenvalue weighted by Crippen LogP contribution is 2.28. The van der Waals surface area contributed by atoms with Gasteiger partial charge in [0.25, 0.3) is 0 Å². The fourth-order valence-electron chi connectivity index (χ4n) is 2.01. The number of hydrogen-bond donors (Lipinski definition) is 2. The van der Waals surface area contributed by atoms with Crippen molar-refractivity contribution in [3.8, 4) is 11.5 Å². The van der Waals surface area contributed by atoms with Gasteiger partial charge in [0.2, 0.25) is 11.7 Å². The average molecular weight is 367 g/mol. The number of ether oxygens (including phenoxy) is 2. The van der Waals surface area contributed by atoms with E-state index < -0.39 is 22.7 Å². The highest BCUT2D eigenvalue weighted by molar-refractivity contribution is 7.84. The second-order valence-electron chi connectivity index (χ2n) is 4.91. The molecule has 0 aliphatic heterocycles. The smallest absolute Gasteiger partial charge is 0.371 e. The number of carbonyl (C=O) groups excluding carboxylic acids is 1.